The molecule has 1 heterocycles. The molecule has 5 nitrogen and oxygen atoms in total. The van der Waals surface area contributed by atoms with Crippen LogP contribution < -0.4 is 9.64 Å². The third-order valence-corrected chi connectivity index (χ3v) is 7.31. The normalized spacial score (nSPS) is 13.4. The van der Waals surface area contributed by atoms with Crippen molar-refractivity contribution in [2.45, 2.75) is 46.5 Å². The zero-order valence-electron chi connectivity index (χ0n) is 19.4. The lowest BCUT2D eigenvalue weighted by Crippen LogP contribution is -2.39. The molecule has 1 amide bonds. The summed E-state index contributed by atoms with van der Waals surface area (Å²) in [4.78, 5) is 22.8. The number of carbonyl (C=O) groups is 1. The minimum atomic E-state index is 0.0367. The van der Waals surface area contributed by atoms with Gasteiger partial charge in [-0.05, 0) is 87.2 Å². The molecular formula is C26H33N3O2S. The third-order valence-electron chi connectivity index (χ3n) is 6.27. The van der Waals surface area contributed by atoms with Gasteiger partial charge in [0.25, 0.3) is 5.91 Å². The summed E-state index contributed by atoms with van der Waals surface area (Å²) in [7, 11) is 0. The summed E-state index contributed by atoms with van der Waals surface area (Å²) in [6.45, 7) is 10.3. The van der Waals surface area contributed by atoms with Crippen molar-refractivity contribution in [1.82, 2.24) is 9.88 Å². The zero-order valence-corrected chi connectivity index (χ0v) is 20.2. The Labute approximate surface area is 195 Å². The number of aryl methyl sites for hydroxylation is 2. The van der Waals surface area contributed by atoms with Crippen molar-refractivity contribution in [3.8, 4) is 5.75 Å². The van der Waals surface area contributed by atoms with E-state index in [0.29, 0.717) is 13.2 Å². The number of rotatable bonds is 9. The van der Waals surface area contributed by atoms with Crippen LogP contribution in [0, 0.1) is 0 Å². The van der Waals surface area contributed by atoms with Crippen LogP contribution in [0.15, 0.2) is 36.4 Å². The smallest absolute Gasteiger partial charge is 0.260 e. The van der Waals surface area contributed by atoms with E-state index in [1.165, 1.54) is 24.0 Å². The van der Waals surface area contributed by atoms with Crippen LogP contribution in [-0.2, 0) is 12.8 Å². The quantitative estimate of drug-likeness (QED) is 0.427. The Hall–Kier alpha value is -2.44. The first kappa shape index (κ1) is 22.7. The van der Waals surface area contributed by atoms with Gasteiger partial charge in [0, 0.05) is 18.7 Å². The van der Waals surface area contributed by atoms with Crippen LogP contribution in [0.2, 0.25) is 0 Å². The largest absolute Gasteiger partial charge is 0.494 e. The van der Waals surface area contributed by atoms with Gasteiger partial charge in [0.15, 0.2) is 5.13 Å². The van der Waals surface area contributed by atoms with Crippen LogP contribution >= 0.6 is 11.3 Å². The molecule has 3 aromatic rings. The van der Waals surface area contributed by atoms with E-state index in [-0.39, 0.29) is 5.91 Å². The van der Waals surface area contributed by atoms with Crippen molar-refractivity contribution in [1.29, 1.82) is 0 Å². The molecule has 0 saturated heterocycles. The number of carbonyl (C=O) groups excluding carboxylic acids is 1. The zero-order chi connectivity index (χ0) is 22.5. The Kier molecular flexibility index (Phi) is 7.43. The van der Waals surface area contributed by atoms with Gasteiger partial charge in [-0.1, -0.05) is 31.3 Å². The lowest BCUT2D eigenvalue weighted by molar-refractivity contribution is 0.0983. The van der Waals surface area contributed by atoms with Gasteiger partial charge in [-0.15, -0.1) is 0 Å². The molecule has 0 unspecified atom stereocenters. The summed E-state index contributed by atoms with van der Waals surface area (Å²) in [5.74, 6) is 0.875. The van der Waals surface area contributed by atoms with E-state index in [4.69, 9.17) is 9.72 Å². The fourth-order valence-corrected chi connectivity index (χ4v) is 5.37. The summed E-state index contributed by atoms with van der Waals surface area (Å²) in [6.07, 6.45) is 4.63. The van der Waals surface area contributed by atoms with Gasteiger partial charge in [0.1, 0.15) is 5.75 Å². The van der Waals surface area contributed by atoms with Crippen molar-refractivity contribution in [2.75, 3.05) is 37.7 Å². The van der Waals surface area contributed by atoms with Crippen molar-refractivity contribution < 1.29 is 9.53 Å². The van der Waals surface area contributed by atoms with Crippen molar-refractivity contribution >= 4 is 32.6 Å². The van der Waals surface area contributed by atoms with Crippen LogP contribution in [0.5, 0.6) is 5.75 Å². The number of thiazole rings is 1. The van der Waals surface area contributed by atoms with Crippen LogP contribution in [0.25, 0.3) is 10.2 Å². The molecule has 32 heavy (non-hydrogen) atoms. The van der Waals surface area contributed by atoms with Crippen LogP contribution in [0.1, 0.15) is 55.1 Å². The van der Waals surface area contributed by atoms with Gasteiger partial charge < -0.3 is 9.64 Å². The Morgan fingerprint density at radius 1 is 1.00 bits per heavy atom. The Morgan fingerprint density at radius 2 is 1.78 bits per heavy atom. The maximum absolute atomic E-state index is 13.7. The van der Waals surface area contributed by atoms with Gasteiger partial charge >= 0.3 is 0 Å². The minimum Gasteiger partial charge on any atom is -0.494 e. The first-order valence-electron chi connectivity index (χ1n) is 11.8. The van der Waals surface area contributed by atoms with Crippen LogP contribution in [0.3, 0.4) is 0 Å². The van der Waals surface area contributed by atoms with Gasteiger partial charge in [0.2, 0.25) is 0 Å². The number of benzene rings is 2. The topological polar surface area (TPSA) is 45.7 Å². The summed E-state index contributed by atoms with van der Waals surface area (Å²) in [5, 5.41) is 0.753. The number of hydrogen-bond acceptors (Lipinski definition) is 5. The standard InChI is InChI=1S/C26H33N3O2S/c1-4-28(5-2)15-16-29(25(30)21-12-11-19-9-7-8-10-20(19)17-21)26-27-23-14-13-22(31-6-3)18-24(23)32-26/h11-14,17-18H,4-10,15-16H2,1-3H3. The molecule has 0 bridgehead atoms. The number of anilines is 1. The molecule has 0 radical (unpaired) electrons. The van der Waals surface area contributed by atoms with Crippen molar-refractivity contribution in [2.24, 2.45) is 0 Å². The number of fused-ring (bicyclic) bond motifs is 2. The molecule has 4 rings (SSSR count). The molecule has 0 atom stereocenters. The molecule has 0 saturated carbocycles. The molecule has 1 aliphatic carbocycles. The molecule has 0 aliphatic heterocycles. The van der Waals surface area contributed by atoms with Gasteiger partial charge in [-0.3, -0.25) is 9.69 Å². The van der Waals surface area contributed by atoms with Crippen molar-refractivity contribution in [3.63, 3.8) is 0 Å². The van der Waals surface area contributed by atoms with Gasteiger partial charge in [-0.25, -0.2) is 4.98 Å². The first-order valence-corrected chi connectivity index (χ1v) is 12.6. The van der Waals surface area contributed by atoms with E-state index >= 15 is 0 Å². The molecule has 0 spiro atoms. The molecule has 170 valence electrons. The highest BCUT2D eigenvalue weighted by Gasteiger charge is 2.23. The monoisotopic (exact) mass is 451 g/mol. The third kappa shape index (κ3) is 4.97. The predicted molar refractivity (Wildman–Crippen MR) is 133 cm³/mol. The van der Waals surface area contributed by atoms with E-state index in [0.717, 1.165) is 59.1 Å². The number of ether oxygens (including phenoxy) is 1. The summed E-state index contributed by atoms with van der Waals surface area (Å²) in [5.41, 5.74) is 4.39. The van der Waals surface area contributed by atoms with Crippen LogP contribution in [0.4, 0.5) is 5.13 Å². The second-order valence-corrected chi connectivity index (χ2v) is 9.24. The highest BCUT2D eigenvalue weighted by atomic mass is 32.1. The Balaban J connectivity index is 1.66. The molecule has 1 aromatic heterocycles. The number of amides is 1. The maximum Gasteiger partial charge on any atom is 0.260 e. The molecule has 0 fully saturated rings. The summed E-state index contributed by atoms with van der Waals surface area (Å²) in [6, 6.07) is 12.2. The van der Waals surface area contributed by atoms with Gasteiger partial charge in [0.05, 0.1) is 16.8 Å². The van der Waals surface area contributed by atoms with E-state index < -0.39 is 0 Å². The highest BCUT2D eigenvalue weighted by Crippen LogP contribution is 2.33. The molecule has 1 aliphatic rings. The Bertz CT molecular complexity index is 1070. The minimum absolute atomic E-state index is 0.0367. The number of nitrogens with zero attached hydrogens (tertiary/aromatic N) is 3. The average Bonchev–Trinajstić information content (AvgIpc) is 3.24. The Morgan fingerprint density at radius 3 is 2.53 bits per heavy atom. The maximum atomic E-state index is 13.7. The predicted octanol–water partition coefficient (Wildman–Crippen LogP) is 5.56. The summed E-state index contributed by atoms with van der Waals surface area (Å²) >= 11 is 1.56. The fourth-order valence-electron chi connectivity index (χ4n) is 4.35. The van der Waals surface area contributed by atoms with Crippen LogP contribution in [-0.4, -0.2) is 48.6 Å². The number of hydrogen-bond donors (Lipinski definition) is 0. The molecule has 6 heteroatoms. The highest BCUT2D eigenvalue weighted by molar-refractivity contribution is 7.22. The van der Waals surface area contributed by atoms with Crippen molar-refractivity contribution in [3.05, 3.63) is 53.1 Å². The molecular weight excluding hydrogens is 418 g/mol. The number of aromatic nitrogens is 1. The SMILES string of the molecule is CCOc1ccc2nc(N(CCN(CC)CC)C(=O)c3ccc4c(c3)CCCC4)sc2c1. The molecule has 0 N–H and O–H groups in total. The van der Waals surface area contributed by atoms with E-state index in [2.05, 4.69) is 30.9 Å². The van der Waals surface area contributed by atoms with E-state index in [9.17, 15) is 4.79 Å². The van der Waals surface area contributed by atoms with E-state index in [1.54, 1.807) is 11.3 Å². The lowest BCUT2D eigenvalue weighted by Gasteiger charge is -2.25. The van der Waals surface area contributed by atoms with E-state index in [1.807, 2.05) is 36.1 Å². The van der Waals surface area contributed by atoms with Gasteiger partial charge in [-0.2, -0.15) is 0 Å². The average molecular weight is 452 g/mol. The lowest BCUT2D eigenvalue weighted by atomic mass is 9.90. The number of likely N-dealkylation sites (N-methyl/N-ethyl adjacent to an activating group) is 1. The molecule has 2 aromatic carbocycles. The first-order chi connectivity index (χ1) is 15.6. The summed E-state index contributed by atoms with van der Waals surface area (Å²) < 4.78 is 6.69. The second-order valence-electron chi connectivity index (χ2n) is 8.23. The fraction of sp³-hybridized carbons (Fsp3) is 0.462. The second kappa shape index (κ2) is 10.5.